The molecule has 0 aromatic carbocycles. The summed E-state index contributed by atoms with van der Waals surface area (Å²) in [6, 6.07) is -0.217. The lowest BCUT2D eigenvalue weighted by Gasteiger charge is -2.19. The maximum Gasteiger partial charge on any atom is 0.252 e. The third-order valence-corrected chi connectivity index (χ3v) is 7.03. The van der Waals surface area contributed by atoms with Gasteiger partial charge in [-0.15, -0.1) is 11.3 Å². The molecule has 1 N–H and O–H groups in total. The highest BCUT2D eigenvalue weighted by Gasteiger charge is 2.30. The number of hydrogen-bond donors (Lipinski definition) is 1. The van der Waals surface area contributed by atoms with Crippen LogP contribution in [0.2, 0.25) is 0 Å². The Labute approximate surface area is 123 Å². The summed E-state index contributed by atoms with van der Waals surface area (Å²) in [4.78, 5) is 13.7. The summed E-state index contributed by atoms with van der Waals surface area (Å²) >= 11 is 1.66. The molecule has 20 heavy (non-hydrogen) atoms. The van der Waals surface area contributed by atoms with Gasteiger partial charge in [-0.2, -0.15) is 0 Å². The minimum atomic E-state index is -2.95. The van der Waals surface area contributed by atoms with Crippen LogP contribution in [0.1, 0.15) is 40.6 Å². The Hall–Kier alpha value is -0.880. The second-order valence-electron chi connectivity index (χ2n) is 5.97. The highest BCUT2D eigenvalue weighted by atomic mass is 32.2. The van der Waals surface area contributed by atoms with E-state index in [9.17, 15) is 13.2 Å². The number of carbonyl (C=O) groups is 1. The van der Waals surface area contributed by atoms with Gasteiger partial charge in [0, 0.05) is 16.3 Å². The summed E-state index contributed by atoms with van der Waals surface area (Å²) in [6.07, 6.45) is 3.69. The molecule has 3 rings (SSSR count). The molecule has 1 aliphatic carbocycles. The maximum atomic E-state index is 12.3. The molecule has 0 spiro atoms. The normalized spacial score (nSPS) is 28.1. The van der Waals surface area contributed by atoms with Crippen molar-refractivity contribution in [3.63, 3.8) is 0 Å². The van der Waals surface area contributed by atoms with Crippen LogP contribution in [0.3, 0.4) is 0 Å². The van der Waals surface area contributed by atoms with Gasteiger partial charge in [0.15, 0.2) is 9.84 Å². The lowest BCUT2D eigenvalue weighted by atomic mass is 9.88. The average molecular weight is 313 g/mol. The number of nitrogens with one attached hydrogen (secondary N) is 1. The van der Waals surface area contributed by atoms with E-state index in [-0.39, 0.29) is 23.5 Å². The molecule has 0 bridgehead atoms. The Morgan fingerprint density at radius 2 is 2.20 bits per heavy atom. The van der Waals surface area contributed by atoms with E-state index >= 15 is 0 Å². The molecular formula is C14H19NO3S2. The smallest absolute Gasteiger partial charge is 0.252 e. The first-order chi connectivity index (χ1) is 9.44. The minimum absolute atomic E-state index is 0.0854. The number of rotatable bonds is 2. The van der Waals surface area contributed by atoms with Gasteiger partial charge in [-0.1, -0.05) is 6.92 Å². The number of hydrogen-bond acceptors (Lipinski definition) is 4. The molecule has 2 aliphatic rings. The maximum absolute atomic E-state index is 12.3. The summed E-state index contributed by atoms with van der Waals surface area (Å²) in [5.74, 6) is 0.871. The van der Waals surface area contributed by atoms with Crippen molar-refractivity contribution in [1.29, 1.82) is 0 Å². The second-order valence-corrected chi connectivity index (χ2v) is 9.17. The van der Waals surface area contributed by atoms with E-state index < -0.39 is 9.84 Å². The lowest BCUT2D eigenvalue weighted by Crippen LogP contribution is -2.36. The Balaban J connectivity index is 1.72. The summed E-state index contributed by atoms with van der Waals surface area (Å²) in [7, 11) is -2.95. The fourth-order valence-electron chi connectivity index (χ4n) is 3.04. The third kappa shape index (κ3) is 2.76. The van der Waals surface area contributed by atoms with Crippen molar-refractivity contribution in [1.82, 2.24) is 5.32 Å². The molecule has 0 unspecified atom stereocenters. The van der Waals surface area contributed by atoms with E-state index in [0.29, 0.717) is 12.3 Å². The van der Waals surface area contributed by atoms with E-state index in [1.165, 1.54) is 10.4 Å². The van der Waals surface area contributed by atoms with Gasteiger partial charge >= 0.3 is 0 Å². The van der Waals surface area contributed by atoms with E-state index in [1.807, 2.05) is 5.38 Å². The van der Waals surface area contributed by atoms with Gasteiger partial charge in [0.05, 0.1) is 17.1 Å². The summed E-state index contributed by atoms with van der Waals surface area (Å²) in [5, 5.41) is 4.82. The molecular weight excluding hydrogens is 294 g/mol. The molecule has 2 atom stereocenters. The standard InChI is InChI=1S/C14H19NO3S2/c1-9-2-3-11-12(7-19-13(11)6-9)14(16)15-10-4-5-20(17,18)8-10/h7,9-10H,2-6,8H2,1H3,(H,15,16)/t9-,10+/m0/s1. The fourth-order valence-corrected chi connectivity index (χ4v) is 5.96. The van der Waals surface area contributed by atoms with Gasteiger partial charge < -0.3 is 5.32 Å². The minimum Gasteiger partial charge on any atom is -0.348 e. The monoisotopic (exact) mass is 313 g/mol. The first kappa shape index (κ1) is 14.1. The van der Waals surface area contributed by atoms with Crippen molar-refractivity contribution in [2.24, 2.45) is 5.92 Å². The van der Waals surface area contributed by atoms with Gasteiger partial charge in [0.25, 0.3) is 5.91 Å². The molecule has 0 saturated carbocycles. The first-order valence-electron chi connectivity index (χ1n) is 7.05. The van der Waals surface area contributed by atoms with Gasteiger partial charge in [-0.3, -0.25) is 4.79 Å². The van der Waals surface area contributed by atoms with E-state index in [0.717, 1.165) is 24.8 Å². The molecule has 1 aromatic heterocycles. The van der Waals surface area contributed by atoms with Crippen molar-refractivity contribution >= 4 is 27.1 Å². The van der Waals surface area contributed by atoms with Crippen molar-refractivity contribution < 1.29 is 13.2 Å². The van der Waals surface area contributed by atoms with Crippen molar-refractivity contribution in [2.75, 3.05) is 11.5 Å². The van der Waals surface area contributed by atoms with Gasteiger partial charge in [-0.05, 0) is 37.2 Å². The van der Waals surface area contributed by atoms with Crippen LogP contribution in [0, 0.1) is 5.92 Å². The van der Waals surface area contributed by atoms with Gasteiger partial charge in [-0.25, -0.2) is 8.42 Å². The molecule has 1 aliphatic heterocycles. The molecule has 1 saturated heterocycles. The van der Waals surface area contributed by atoms with E-state index in [4.69, 9.17) is 0 Å². The molecule has 1 fully saturated rings. The first-order valence-corrected chi connectivity index (χ1v) is 9.75. The van der Waals surface area contributed by atoms with Crippen molar-refractivity contribution in [3.8, 4) is 0 Å². The van der Waals surface area contributed by atoms with Gasteiger partial charge in [0.2, 0.25) is 0 Å². The molecule has 4 nitrogen and oxygen atoms in total. The predicted octanol–water partition coefficient (Wildman–Crippen LogP) is 1.79. The quantitative estimate of drug-likeness (QED) is 0.905. The Morgan fingerprint density at radius 3 is 2.90 bits per heavy atom. The highest BCUT2D eigenvalue weighted by molar-refractivity contribution is 7.91. The lowest BCUT2D eigenvalue weighted by molar-refractivity contribution is 0.0940. The molecule has 6 heteroatoms. The van der Waals surface area contributed by atoms with E-state index in [2.05, 4.69) is 12.2 Å². The second kappa shape index (κ2) is 5.15. The zero-order valence-electron chi connectivity index (χ0n) is 11.5. The molecule has 110 valence electrons. The number of amides is 1. The SMILES string of the molecule is C[C@H]1CCc2c(C(=O)N[C@@H]3CCS(=O)(=O)C3)csc2C1. The van der Waals surface area contributed by atoms with Crippen molar-refractivity contribution in [2.45, 2.75) is 38.6 Å². The number of thiophene rings is 1. The molecule has 1 amide bonds. The number of fused-ring (bicyclic) bond motifs is 1. The number of carbonyl (C=O) groups excluding carboxylic acids is 1. The zero-order valence-corrected chi connectivity index (χ0v) is 13.1. The Kier molecular flexibility index (Phi) is 3.62. The van der Waals surface area contributed by atoms with Crippen LogP contribution in [0.15, 0.2) is 5.38 Å². The van der Waals surface area contributed by atoms with Crippen molar-refractivity contribution in [3.05, 3.63) is 21.4 Å². The molecule has 0 radical (unpaired) electrons. The van der Waals surface area contributed by atoms with Crippen LogP contribution in [0.5, 0.6) is 0 Å². The topological polar surface area (TPSA) is 63.2 Å². The Bertz CT molecular complexity index is 633. The number of sulfone groups is 1. The molecule has 1 aromatic rings. The summed E-state index contributed by atoms with van der Waals surface area (Å²) in [6.45, 7) is 2.24. The molecule has 2 heterocycles. The predicted molar refractivity (Wildman–Crippen MR) is 80.0 cm³/mol. The van der Waals surface area contributed by atoms with Crippen LogP contribution < -0.4 is 5.32 Å². The fraction of sp³-hybridized carbons (Fsp3) is 0.643. The van der Waals surface area contributed by atoms with Crippen LogP contribution in [-0.4, -0.2) is 31.9 Å². The highest BCUT2D eigenvalue weighted by Crippen LogP contribution is 2.32. The largest absolute Gasteiger partial charge is 0.348 e. The Morgan fingerprint density at radius 1 is 1.40 bits per heavy atom. The zero-order chi connectivity index (χ0) is 14.3. The van der Waals surface area contributed by atoms with E-state index in [1.54, 1.807) is 11.3 Å². The third-order valence-electron chi connectivity index (χ3n) is 4.21. The van der Waals surface area contributed by atoms with Crippen LogP contribution in [0.25, 0.3) is 0 Å². The van der Waals surface area contributed by atoms with Gasteiger partial charge in [0.1, 0.15) is 0 Å². The van der Waals surface area contributed by atoms with Crippen LogP contribution >= 0.6 is 11.3 Å². The summed E-state index contributed by atoms with van der Waals surface area (Å²) in [5.41, 5.74) is 1.95. The summed E-state index contributed by atoms with van der Waals surface area (Å²) < 4.78 is 22.9. The van der Waals surface area contributed by atoms with Crippen LogP contribution in [-0.2, 0) is 22.7 Å². The average Bonchev–Trinajstić information content (AvgIpc) is 2.92. The van der Waals surface area contributed by atoms with Crippen LogP contribution in [0.4, 0.5) is 0 Å².